The lowest BCUT2D eigenvalue weighted by Crippen LogP contribution is -2.36. The third kappa shape index (κ3) is 8.07. The first kappa shape index (κ1) is 42.7. The Labute approximate surface area is 409 Å². The van der Waals surface area contributed by atoms with E-state index in [2.05, 4.69) is 218 Å². The number of allylic oxidation sites excluding steroid dienone is 11. The third-order valence-corrected chi connectivity index (χ3v) is 13.8. The fraction of sp³-hybridized carbons (Fsp3) is 0.109. The van der Waals surface area contributed by atoms with E-state index in [4.69, 9.17) is 24.9 Å². The van der Waals surface area contributed by atoms with Crippen molar-refractivity contribution in [2.24, 2.45) is 20.9 Å². The molecule has 2 atom stereocenters. The van der Waals surface area contributed by atoms with Crippen LogP contribution in [-0.2, 0) is 6.42 Å². The fourth-order valence-electron chi connectivity index (χ4n) is 10.2. The van der Waals surface area contributed by atoms with Crippen molar-refractivity contribution < 1.29 is 0 Å². The summed E-state index contributed by atoms with van der Waals surface area (Å²) in [6.45, 7) is 6.55. The summed E-state index contributed by atoms with van der Waals surface area (Å²) in [5.74, 6) is 1.66. The van der Waals surface area contributed by atoms with Crippen molar-refractivity contribution >= 4 is 56.0 Å². The van der Waals surface area contributed by atoms with Crippen molar-refractivity contribution in [3.63, 3.8) is 0 Å². The summed E-state index contributed by atoms with van der Waals surface area (Å²) >= 11 is 0. The predicted octanol–water partition coefficient (Wildman–Crippen LogP) is 15.6. The molecule has 0 amide bonds. The molecule has 8 aromatic rings. The highest BCUT2D eigenvalue weighted by Crippen LogP contribution is 2.42. The molecule has 6 aromatic carbocycles. The van der Waals surface area contributed by atoms with Crippen molar-refractivity contribution in [1.29, 1.82) is 0 Å². The molecule has 4 heterocycles. The third-order valence-electron chi connectivity index (χ3n) is 13.8. The topological polar surface area (TPSA) is 67.8 Å². The van der Waals surface area contributed by atoms with Crippen molar-refractivity contribution in [3.05, 3.63) is 258 Å². The smallest absolute Gasteiger partial charge is 0.160 e. The molecule has 2 aromatic heterocycles. The average molecular weight is 903 g/mol. The molecule has 6 heteroatoms. The Balaban J connectivity index is 1.09. The number of fused-ring (bicyclic) bond motifs is 7. The molecule has 70 heavy (non-hydrogen) atoms. The van der Waals surface area contributed by atoms with Gasteiger partial charge in [0.2, 0.25) is 0 Å². The summed E-state index contributed by atoms with van der Waals surface area (Å²) in [5, 5.41) is 2.23. The van der Waals surface area contributed by atoms with E-state index in [1.54, 1.807) is 0 Å². The van der Waals surface area contributed by atoms with E-state index in [1.807, 2.05) is 12.1 Å². The molecule has 0 saturated carbocycles. The Kier molecular flexibility index (Phi) is 11.3. The Morgan fingerprint density at radius 2 is 1.47 bits per heavy atom. The number of aliphatic imine (C=N–C) groups is 3. The molecule has 0 spiro atoms. The maximum absolute atomic E-state index is 5.63. The normalized spacial score (nSPS) is 17.5. The first-order chi connectivity index (χ1) is 34.6. The minimum Gasteiger partial charge on any atom is -0.297 e. The van der Waals surface area contributed by atoms with Gasteiger partial charge < -0.3 is 0 Å². The maximum atomic E-state index is 5.63. The van der Waals surface area contributed by atoms with Gasteiger partial charge in [0.1, 0.15) is 5.84 Å². The molecule has 336 valence electrons. The monoisotopic (exact) mass is 902 g/mol. The average Bonchev–Trinajstić information content (AvgIpc) is 3.75. The maximum Gasteiger partial charge on any atom is 0.160 e. The zero-order valence-corrected chi connectivity index (χ0v) is 39.1. The van der Waals surface area contributed by atoms with Gasteiger partial charge in [-0.1, -0.05) is 177 Å². The number of para-hydroxylation sites is 2. The lowest BCUT2D eigenvalue weighted by atomic mass is 9.83. The first-order valence-electron chi connectivity index (χ1n) is 24.3. The zero-order chi connectivity index (χ0) is 47.0. The highest BCUT2D eigenvalue weighted by atomic mass is 15.1. The molecule has 0 N–H and O–H groups in total. The molecule has 6 nitrogen and oxygen atoms in total. The van der Waals surface area contributed by atoms with E-state index in [1.165, 1.54) is 5.56 Å². The Morgan fingerprint density at radius 1 is 0.700 bits per heavy atom. The van der Waals surface area contributed by atoms with E-state index in [9.17, 15) is 0 Å². The van der Waals surface area contributed by atoms with Gasteiger partial charge >= 0.3 is 0 Å². The Morgan fingerprint density at radius 3 is 2.27 bits per heavy atom. The van der Waals surface area contributed by atoms with Gasteiger partial charge in [-0.2, -0.15) is 0 Å². The van der Waals surface area contributed by atoms with Gasteiger partial charge in [0.15, 0.2) is 5.82 Å². The fourth-order valence-corrected chi connectivity index (χ4v) is 10.2. The van der Waals surface area contributed by atoms with Crippen LogP contribution in [0.4, 0.5) is 11.4 Å². The summed E-state index contributed by atoms with van der Waals surface area (Å²) in [6.07, 6.45) is 25.3. The number of hydrogen-bond donors (Lipinski definition) is 0. The number of rotatable bonds is 9. The van der Waals surface area contributed by atoms with E-state index >= 15 is 0 Å². The standard InChI is InChI=1S/C64H50N6/c1-3-20-54(65-57(44-23-10-5-11-24-44)37-42(2)43-21-8-4-9-22-43)48-33-35-50-51-36-34-49(63-67-58(45-25-12-6-13-26-45)41-59(68-63)46-27-14-7-15-28-46)40-61(51)70(60(50)39-48)64-53-38-47-29-16-18-31-55(47)66-62(53)52-30-17-19-32-56(52)69-64/h3-4,6-10,12-27,29-37,39-41,46,53H,2,5,11,28,38H2,1H3/b20-3+,57-37-,65-54-/t46?,53-/m0/s1. The molecular weight excluding hydrogens is 853 g/mol. The zero-order valence-electron chi connectivity index (χ0n) is 39.1. The predicted molar refractivity (Wildman–Crippen MR) is 292 cm³/mol. The number of nitrogens with zero attached hydrogens (tertiary/aromatic N) is 6. The van der Waals surface area contributed by atoms with Gasteiger partial charge in [-0.05, 0) is 97.4 Å². The summed E-state index contributed by atoms with van der Waals surface area (Å²) in [4.78, 5) is 27.2. The summed E-state index contributed by atoms with van der Waals surface area (Å²) in [7, 11) is 0. The minimum atomic E-state index is -0.112. The minimum absolute atomic E-state index is 0.112. The van der Waals surface area contributed by atoms with Crippen LogP contribution < -0.4 is 0 Å². The number of hydrogen-bond acceptors (Lipinski definition) is 5. The quantitative estimate of drug-likeness (QED) is 0.107. The van der Waals surface area contributed by atoms with Crippen molar-refractivity contribution in [3.8, 4) is 22.6 Å². The van der Waals surface area contributed by atoms with Gasteiger partial charge in [0.05, 0.1) is 56.8 Å². The van der Waals surface area contributed by atoms with Crippen LogP contribution in [0.5, 0.6) is 0 Å². The molecule has 2 aliphatic carbocycles. The molecule has 0 fully saturated rings. The molecule has 0 bridgehead atoms. The highest BCUT2D eigenvalue weighted by molar-refractivity contribution is 6.26. The summed E-state index contributed by atoms with van der Waals surface area (Å²) < 4.78 is 2.39. The second kappa shape index (κ2) is 18.5. The van der Waals surface area contributed by atoms with E-state index in [0.717, 1.165) is 132 Å². The van der Waals surface area contributed by atoms with Crippen LogP contribution in [0.1, 0.15) is 60.1 Å². The van der Waals surface area contributed by atoms with Crippen molar-refractivity contribution in [2.45, 2.75) is 38.5 Å². The molecule has 0 radical (unpaired) electrons. The van der Waals surface area contributed by atoms with Crippen molar-refractivity contribution in [1.82, 2.24) is 14.5 Å². The van der Waals surface area contributed by atoms with Crippen LogP contribution >= 0.6 is 0 Å². The Hall–Kier alpha value is -8.61. The SMILES string of the molecule is C=C(\C=C(/N=C(/C=C/C)c1ccc2c3ccc(-c4nc(-c5ccccc5)cc(C5C=CC=CC5)n4)cc3n(C3=Nc4ccccc4C4=Nc5ccccc5C[C@@H]43)c2c1)C1=CCCC=C1)c1ccccc1. The van der Waals surface area contributed by atoms with Gasteiger partial charge in [0, 0.05) is 38.9 Å². The van der Waals surface area contributed by atoms with Crippen LogP contribution in [0.2, 0.25) is 0 Å². The molecule has 4 aliphatic rings. The van der Waals surface area contributed by atoms with E-state index in [0.29, 0.717) is 5.82 Å². The lowest BCUT2D eigenvalue weighted by Gasteiger charge is -2.31. The molecule has 0 saturated heterocycles. The molecule has 2 aliphatic heterocycles. The second-order valence-corrected chi connectivity index (χ2v) is 18.2. The van der Waals surface area contributed by atoms with Crippen LogP contribution in [0.25, 0.3) is 50.0 Å². The highest BCUT2D eigenvalue weighted by Gasteiger charge is 2.36. The Bertz CT molecular complexity index is 3680. The summed E-state index contributed by atoms with van der Waals surface area (Å²) in [6, 6.07) is 53.3. The van der Waals surface area contributed by atoms with E-state index < -0.39 is 0 Å². The largest absolute Gasteiger partial charge is 0.297 e. The van der Waals surface area contributed by atoms with Crippen LogP contribution in [0.15, 0.2) is 245 Å². The number of benzene rings is 6. The van der Waals surface area contributed by atoms with Crippen LogP contribution in [-0.4, -0.2) is 31.8 Å². The van der Waals surface area contributed by atoms with Gasteiger partial charge in [0.25, 0.3) is 0 Å². The van der Waals surface area contributed by atoms with Crippen LogP contribution in [0.3, 0.4) is 0 Å². The molecule has 1 unspecified atom stereocenters. The van der Waals surface area contributed by atoms with Gasteiger partial charge in [-0.25, -0.2) is 20.0 Å². The first-order valence-corrected chi connectivity index (χ1v) is 24.3. The van der Waals surface area contributed by atoms with Gasteiger partial charge in [-0.3, -0.25) is 9.56 Å². The molecule has 12 rings (SSSR count). The van der Waals surface area contributed by atoms with Gasteiger partial charge in [-0.15, -0.1) is 0 Å². The molecular formula is C64H50N6. The van der Waals surface area contributed by atoms with Crippen molar-refractivity contribution in [2.75, 3.05) is 0 Å². The second-order valence-electron chi connectivity index (χ2n) is 18.2. The van der Waals surface area contributed by atoms with E-state index in [-0.39, 0.29) is 11.8 Å². The summed E-state index contributed by atoms with van der Waals surface area (Å²) in [5.41, 5.74) is 17.0. The lowest BCUT2D eigenvalue weighted by molar-refractivity contribution is 0.811. The number of aromatic nitrogens is 3. The van der Waals surface area contributed by atoms with Crippen LogP contribution in [0, 0.1) is 5.92 Å².